The van der Waals surface area contributed by atoms with Crippen LogP contribution in [-0.2, 0) is 0 Å². The summed E-state index contributed by atoms with van der Waals surface area (Å²) in [5.74, 6) is 0.455. The van der Waals surface area contributed by atoms with Crippen LogP contribution in [0.5, 0.6) is 0 Å². The number of imidazole rings is 1. The van der Waals surface area contributed by atoms with Crippen molar-refractivity contribution in [3.63, 3.8) is 0 Å². The third-order valence-electron chi connectivity index (χ3n) is 2.86. The topological polar surface area (TPSA) is 70.7 Å². The van der Waals surface area contributed by atoms with E-state index in [1.165, 1.54) is 11.3 Å². The summed E-state index contributed by atoms with van der Waals surface area (Å²) < 4.78 is -0.695. The number of hydrogen-bond acceptors (Lipinski definition) is 4. The molecule has 1 amide bonds. The van der Waals surface area contributed by atoms with Crippen molar-refractivity contribution >= 4 is 40.4 Å². The number of H-pyrrole nitrogens is 1. The molecular formula is C11H10Cl2N4OS. The van der Waals surface area contributed by atoms with Crippen LogP contribution in [-0.4, -0.2) is 31.2 Å². The summed E-state index contributed by atoms with van der Waals surface area (Å²) in [6, 6.07) is 0.0243. The lowest BCUT2D eigenvalue weighted by Gasteiger charge is -2.38. The normalized spacial score (nSPS) is 18.0. The maximum Gasteiger partial charge on any atom is 0.270 e. The Bertz CT molecular complexity index is 588. The first kappa shape index (κ1) is 12.9. The predicted molar refractivity (Wildman–Crippen MR) is 74.6 cm³/mol. The van der Waals surface area contributed by atoms with E-state index in [1.54, 1.807) is 17.8 Å². The molecule has 2 heterocycles. The van der Waals surface area contributed by atoms with Gasteiger partial charge in [0.25, 0.3) is 5.91 Å². The minimum atomic E-state index is -0.695. The molecule has 3 rings (SSSR count). The van der Waals surface area contributed by atoms with Gasteiger partial charge in [0.2, 0.25) is 0 Å². The van der Waals surface area contributed by atoms with Gasteiger partial charge < -0.3 is 10.3 Å². The molecule has 0 saturated heterocycles. The van der Waals surface area contributed by atoms with Crippen LogP contribution >= 0.6 is 34.5 Å². The highest BCUT2D eigenvalue weighted by atomic mass is 35.5. The van der Waals surface area contributed by atoms with Crippen molar-refractivity contribution in [1.82, 2.24) is 20.3 Å². The standard InChI is InChI=1S/C11H10Cl2N4OS/c12-11(13)3-6(4-11)16-9(18)7-5-19-10(17-7)8-14-1-2-15-8/h1-2,5-6H,3-4H2,(H,14,15)(H,16,18). The zero-order valence-corrected chi connectivity index (χ0v) is 12.0. The van der Waals surface area contributed by atoms with Crippen molar-refractivity contribution in [3.8, 4) is 10.8 Å². The Kier molecular flexibility index (Phi) is 3.24. The Hall–Kier alpha value is -1.11. The number of nitrogens with one attached hydrogen (secondary N) is 2. The summed E-state index contributed by atoms with van der Waals surface area (Å²) in [6.45, 7) is 0. The summed E-state index contributed by atoms with van der Waals surface area (Å²) in [5, 5.41) is 5.25. The van der Waals surface area contributed by atoms with E-state index in [-0.39, 0.29) is 11.9 Å². The molecule has 1 saturated carbocycles. The van der Waals surface area contributed by atoms with Gasteiger partial charge in [-0.3, -0.25) is 4.79 Å². The molecule has 100 valence electrons. The number of rotatable bonds is 3. The molecule has 0 aromatic carbocycles. The van der Waals surface area contributed by atoms with E-state index < -0.39 is 4.33 Å². The van der Waals surface area contributed by atoms with Crippen molar-refractivity contribution in [2.45, 2.75) is 23.2 Å². The lowest BCUT2D eigenvalue weighted by atomic mass is 9.91. The first-order chi connectivity index (χ1) is 9.03. The molecule has 2 aromatic heterocycles. The highest BCUT2D eigenvalue weighted by molar-refractivity contribution is 7.13. The van der Waals surface area contributed by atoms with E-state index in [0.717, 1.165) is 0 Å². The van der Waals surface area contributed by atoms with Crippen molar-refractivity contribution in [3.05, 3.63) is 23.5 Å². The molecule has 2 aromatic rings. The van der Waals surface area contributed by atoms with Crippen molar-refractivity contribution in [2.24, 2.45) is 0 Å². The second kappa shape index (κ2) is 4.77. The van der Waals surface area contributed by atoms with Crippen molar-refractivity contribution in [2.75, 3.05) is 0 Å². The summed E-state index contributed by atoms with van der Waals surface area (Å²) in [6.07, 6.45) is 4.49. The summed E-state index contributed by atoms with van der Waals surface area (Å²) in [4.78, 5) is 23.2. The summed E-state index contributed by atoms with van der Waals surface area (Å²) >= 11 is 13.1. The van der Waals surface area contributed by atoms with Gasteiger partial charge in [0.1, 0.15) is 10.0 Å². The van der Waals surface area contributed by atoms with Gasteiger partial charge >= 0.3 is 0 Å². The molecule has 0 spiro atoms. The highest BCUT2D eigenvalue weighted by Gasteiger charge is 2.41. The Morgan fingerprint density at radius 2 is 2.32 bits per heavy atom. The molecule has 0 radical (unpaired) electrons. The van der Waals surface area contributed by atoms with Crippen LogP contribution in [0.15, 0.2) is 17.8 Å². The maximum atomic E-state index is 12.0. The third kappa shape index (κ3) is 2.75. The Balaban J connectivity index is 1.65. The molecule has 0 unspecified atom stereocenters. The van der Waals surface area contributed by atoms with Crippen LogP contribution in [0.1, 0.15) is 23.3 Å². The number of carbonyl (C=O) groups excluding carboxylic acids is 1. The molecule has 1 fully saturated rings. The lowest BCUT2D eigenvalue weighted by Crippen LogP contribution is -2.49. The third-order valence-corrected chi connectivity index (χ3v) is 4.33. The predicted octanol–water partition coefficient (Wildman–Crippen LogP) is 2.60. The van der Waals surface area contributed by atoms with Gasteiger partial charge in [-0.1, -0.05) is 0 Å². The van der Waals surface area contributed by atoms with Crippen LogP contribution in [0.25, 0.3) is 10.8 Å². The van der Waals surface area contributed by atoms with E-state index in [2.05, 4.69) is 20.3 Å². The molecule has 19 heavy (non-hydrogen) atoms. The summed E-state index contributed by atoms with van der Waals surface area (Å²) in [5.41, 5.74) is 0.387. The molecule has 0 aliphatic heterocycles. The second-order valence-electron chi connectivity index (χ2n) is 4.41. The fourth-order valence-electron chi connectivity index (χ4n) is 1.89. The fraction of sp³-hybridized carbons (Fsp3) is 0.364. The number of hydrogen-bond donors (Lipinski definition) is 2. The minimum absolute atomic E-state index is 0.0243. The van der Waals surface area contributed by atoms with E-state index in [1.807, 2.05) is 0 Å². The Labute approximate surface area is 123 Å². The molecule has 2 N–H and O–H groups in total. The largest absolute Gasteiger partial charge is 0.348 e. The van der Waals surface area contributed by atoms with Gasteiger partial charge in [-0.05, 0) is 0 Å². The number of thiazole rings is 1. The quantitative estimate of drug-likeness (QED) is 0.855. The average molecular weight is 317 g/mol. The number of alkyl halides is 2. The smallest absolute Gasteiger partial charge is 0.270 e. The van der Waals surface area contributed by atoms with E-state index in [0.29, 0.717) is 29.4 Å². The molecule has 1 aliphatic carbocycles. The lowest BCUT2D eigenvalue weighted by molar-refractivity contribution is 0.0909. The number of nitrogens with zero attached hydrogens (tertiary/aromatic N) is 2. The monoisotopic (exact) mass is 316 g/mol. The van der Waals surface area contributed by atoms with Crippen LogP contribution in [0.2, 0.25) is 0 Å². The van der Waals surface area contributed by atoms with Crippen LogP contribution < -0.4 is 5.32 Å². The number of aromatic amines is 1. The van der Waals surface area contributed by atoms with Gasteiger partial charge in [-0.15, -0.1) is 34.5 Å². The van der Waals surface area contributed by atoms with Crippen LogP contribution in [0.3, 0.4) is 0 Å². The van der Waals surface area contributed by atoms with Crippen LogP contribution in [0, 0.1) is 0 Å². The van der Waals surface area contributed by atoms with E-state index in [9.17, 15) is 4.79 Å². The SMILES string of the molecule is O=C(NC1CC(Cl)(Cl)C1)c1csc(-c2ncc[nH]2)n1. The molecule has 0 bridgehead atoms. The average Bonchev–Trinajstić information content (AvgIpc) is 2.97. The maximum absolute atomic E-state index is 12.0. The number of amides is 1. The molecule has 8 heteroatoms. The van der Waals surface area contributed by atoms with Gasteiger partial charge in [0, 0.05) is 36.7 Å². The Morgan fingerprint density at radius 1 is 1.53 bits per heavy atom. The summed E-state index contributed by atoms with van der Waals surface area (Å²) in [7, 11) is 0. The fourth-order valence-corrected chi connectivity index (χ4v) is 3.39. The zero-order valence-electron chi connectivity index (χ0n) is 9.69. The first-order valence-corrected chi connectivity index (χ1v) is 7.31. The van der Waals surface area contributed by atoms with E-state index >= 15 is 0 Å². The van der Waals surface area contributed by atoms with Crippen molar-refractivity contribution < 1.29 is 4.79 Å². The number of carbonyl (C=O) groups is 1. The van der Waals surface area contributed by atoms with Gasteiger partial charge in [-0.2, -0.15) is 0 Å². The van der Waals surface area contributed by atoms with Gasteiger partial charge in [-0.25, -0.2) is 9.97 Å². The molecular weight excluding hydrogens is 307 g/mol. The first-order valence-electron chi connectivity index (χ1n) is 5.67. The second-order valence-corrected chi connectivity index (χ2v) is 6.91. The van der Waals surface area contributed by atoms with Gasteiger partial charge in [0.15, 0.2) is 10.8 Å². The van der Waals surface area contributed by atoms with Crippen molar-refractivity contribution in [1.29, 1.82) is 0 Å². The van der Waals surface area contributed by atoms with Crippen LogP contribution in [0.4, 0.5) is 0 Å². The minimum Gasteiger partial charge on any atom is -0.348 e. The van der Waals surface area contributed by atoms with E-state index in [4.69, 9.17) is 23.2 Å². The number of halogens is 2. The number of aromatic nitrogens is 3. The molecule has 0 atom stereocenters. The highest BCUT2D eigenvalue weighted by Crippen LogP contribution is 2.42. The molecule has 1 aliphatic rings. The Morgan fingerprint density at radius 3 is 2.95 bits per heavy atom. The molecule has 5 nitrogen and oxygen atoms in total. The zero-order chi connectivity index (χ0) is 13.5. The van der Waals surface area contributed by atoms with Gasteiger partial charge in [0.05, 0.1) is 0 Å².